The third kappa shape index (κ3) is 10.0. The number of hydrogen-bond donors (Lipinski definition) is 0. The second-order valence-corrected chi connectivity index (χ2v) is 26.2. The van der Waals surface area contributed by atoms with Crippen molar-refractivity contribution >= 4 is 65.0 Å². The van der Waals surface area contributed by atoms with Crippen LogP contribution in [0.4, 0.5) is 0 Å². The lowest BCUT2D eigenvalue weighted by molar-refractivity contribution is 0.283. The Balaban J connectivity index is 3.04. The SMILES string of the molecule is CC[SiH]1O[SiH](CC)O[SiH](CC)O[SiH](CC)O[SiH](CC)O[SiH](CC)O[SiH](CC)O1. The van der Waals surface area contributed by atoms with E-state index in [1.54, 1.807) is 0 Å². The van der Waals surface area contributed by atoms with Crippen molar-refractivity contribution in [1.82, 2.24) is 0 Å². The van der Waals surface area contributed by atoms with Crippen LogP contribution < -0.4 is 0 Å². The molecule has 0 bridgehead atoms. The van der Waals surface area contributed by atoms with Crippen molar-refractivity contribution in [3.8, 4) is 0 Å². The quantitative estimate of drug-likeness (QED) is 0.476. The molecule has 1 aliphatic heterocycles. The highest BCUT2D eigenvalue weighted by molar-refractivity contribution is 6.74. The molecule has 1 fully saturated rings. The molecule has 0 unspecified atom stereocenters. The van der Waals surface area contributed by atoms with Gasteiger partial charge in [0.25, 0.3) is 0 Å². The maximum absolute atomic E-state index is 6.44. The lowest BCUT2D eigenvalue weighted by Gasteiger charge is -2.33. The zero-order valence-corrected chi connectivity index (χ0v) is 26.9. The molecule has 0 N–H and O–H groups in total. The Morgan fingerprint density at radius 3 is 0.464 bits per heavy atom. The van der Waals surface area contributed by atoms with Gasteiger partial charge in [-0.3, -0.25) is 0 Å². The molecule has 0 amide bonds. The molecule has 1 aliphatic rings. The van der Waals surface area contributed by atoms with E-state index in [0.29, 0.717) is 0 Å². The molecule has 1 rings (SSSR count). The highest BCUT2D eigenvalue weighted by Crippen LogP contribution is 2.16. The second kappa shape index (κ2) is 16.0. The van der Waals surface area contributed by atoms with Crippen molar-refractivity contribution in [2.45, 2.75) is 90.8 Å². The Labute approximate surface area is 184 Å². The van der Waals surface area contributed by atoms with Crippen molar-refractivity contribution in [3.05, 3.63) is 0 Å². The van der Waals surface area contributed by atoms with E-state index in [9.17, 15) is 0 Å². The molecule has 168 valence electrons. The van der Waals surface area contributed by atoms with Crippen LogP contribution in [0.1, 0.15) is 48.5 Å². The molecule has 7 nitrogen and oxygen atoms in total. The van der Waals surface area contributed by atoms with Crippen LogP contribution in [-0.2, 0) is 28.8 Å². The fraction of sp³-hybridized carbons (Fsp3) is 1.00. The maximum atomic E-state index is 6.44. The first-order chi connectivity index (χ1) is 13.5. The first-order valence-corrected chi connectivity index (χ1v) is 23.4. The first kappa shape index (κ1) is 27.3. The van der Waals surface area contributed by atoms with Gasteiger partial charge in [0.15, 0.2) is 0 Å². The summed E-state index contributed by atoms with van der Waals surface area (Å²) in [5.41, 5.74) is 0. The van der Waals surface area contributed by atoms with Crippen LogP contribution in [-0.4, -0.2) is 65.0 Å². The van der Waals surface area contributed by atoms with E-state index in [1.165, 1.54) is 0 Å². The van der Waals surface area contributed by atoms with Crippen LogP contribution in [0.15, 0.2) is 0 Å². The number of rotatable bonds is 7. The van der Waals surface area contributed by atoms with E-state index in [-0.39, 0.29) is 0 Å². The molecule has 0 saturated carbocycles. The van der Waals surface area contributed by atoms with Crippen LogP contribution in [0.25, 0.3) is 0 Å². The monoisotopic (exact) mass is 518 g/mol. The van der Waals surface area contributed by atoms with Gasteiger partial charge in [0.05, 0.1) is 0 Å². The maximum Gasteiger partial charge on any atom is 0.303 e. The molecule has 0 aromatic heterocycles. The predicted octanol–water partition coefficient (Wildman–Crippen LogP) is 1.80. The lowest BCUT2D eigenvalue weighted by Crippen LogP contribution is -2.47. The summed E-state index contributed by atoms with van der Waals surface area (Å²) in [5.74, 6) is 0. The summed E-state index contributed by atoms with van der Waals surface area (Å²) in [6.45, 7) is 15.1. The topological polar surface area (TPSA) is 64.6 Å². The minimum atomic E-state index is -1.76. The Kier molecular flexibility index (Phi) is 15.5. The number of hydrogen-bond acceptors (Lipinski definition) is 7. The van der Waals surface area contributed by atoms with Gasteiger partial charge in [0, 0.05) is 0 Å². The van der Waals surface area contributed by atoms with Gasteiger partial charge in [-0.2, -0.15) is 0 Å². The Morgan fingerprint density at radius 1 is 0.286 bits per heavy atom. The molecule has 0 spiro atoms. The largest absolute Gasteiger partial charge is 0.420 e. The normalized spacial score (nSPS) is 36.8. The van der Waals surface area contributed by atoms with Crippen molar-refractivity contribution < 1.29 is 28.8 Å². The fourth-order valence-electron chi connectivity index (χ4n) is 2.76. The van der Waals surface area contributed by atoms with Crippen molar-refractivity contribution in [1.29, 1.82) is 0 Å². The van der Waals surface area contributed by atoms with Gasteiger partial charge in [-0.05, 0) is 42.3 Å². The molecule has 14 heteroatoms. The van der Waals surface area contributed by atoms with Gasteiger partial charge in [0.2, 0.25) is 0 Å². The van der Waals surface area contributed by atoms with E-state index < -0.39 is 65.0 Å². The van der Waals surface area contributed by atoms with Crippen LogP contribution >= 0.6 is 0 Å². The van der Waals surface area contributed by atoms with Gasteiger partial charge < -0.3 is 28.8 Å². The summed E-state index contributed by atoms with van der Waals surface area (Å²) in [6.07, 6.45) is 0. The van der Waals surface area contributed by atoms with Gasteiger partial charge in [-0.25, -0.2) is 0 Å². The van der Waals surface area contributed by atoms with Crippen LogP contribution in [0.5, 0.6) is 0 Å². The Bertz CT molecular complexity index is 289. The van der Waals surface area contributed by atoms with E-state index in [0.717, 1.165) is 42.3 Å². The Morgan fingerprint density at radius 2 is 0.393 bits per heavy atom. The third-order valence-electron chi connectivity index (χ3n) is 4.46. The highest BCUT2D eigenvalue weighted by atomic mass is 28.5. The Hall–Kier alpha value is 1.24. The van der Waals surface area contributed by atoms with Crippen LogP contribution in [0.2, 0.25) is 42.3 Å². The first-order valence-electron chi connectivity index (χ1n) is 11.1. The minimum Gasteiger partial charge on any atom is -0.420 e. The molecule has 1 saturated heterocycles. The van der Waals surface area contributed by atoms with E-state index >= 15 is 0 Å². The summed E-state index contributed by atoms with van der Waals surface area (Å²) in [4.78, 5) is 0. The molecule has 0 radical (unpaired) electrons. The summed E-state index contributed by atoms with van der Waals surface area (Å²) in [5, 5.41) is 0. The third-order valence-corrected chi connectivity index (χ3v) is 26.1. The average Bonchev–Trinajstić information content (AvgIpc) is 2.73. The van der Waals surface area contributed by atoms with Crippen molar-refractivity contribution in [2.24, 2.45) is 0 Å². The predicted molar refractivity (Wildman–Crippen MR) is 131 cm³/mol. The molecule has 0 aromatic carbocycles. The van der Waals surface area contributed by atoms with Crippen molar-refractivity contribution in [2.75, 3.05) is 0 Å². The van der Waals surface area contributed by atoms with Crippen LogP contribution in [0.3, 0.4) is 0 Å². The van der Waals surface area contributed by atoms with Crippen molar-refractivity contribution in [3.63, 3.8) is 0 Å². The minimum absolute atomic E-state index is 0.944. The highest BCUT2D eigenvalue weighted by Gasteiger charge is 2.32. The lowest BCUT2D eigenvalue weighted by atomic mass is 11.0. The fourth-order valence-corrected chi connectivity index (χ4v) is 28.9. The smallest absolute Gasteiger partial charge is 0.303 e. The van der Waals surface area contributed by atoms with Gasteiger partial charge in [-0.15, -0.1) is 0 Å². The molecule has 0 aromatic rings. The van der Waals surface area contributed by atoms with E-state index in [1.807, 2.05) is 0 Å². The van der Waals surface area contributed by atoms with Gasteiger partial charge >= 0.3 is 65.0 Å². The summed E-state index contributed by atoms with van der Waals surface area (Å²) < 4.78 is 45.1. The van der Waals surface area contributed by atoms with E-state index in [2.05, 4.69) is 48.5 Å². The van der Waals surface area contributed by atoms with Gasteiger partial charge in [-0.1, -0.05) is 48.5 Å². The summed E-state index contributed by atoms with van der Waals surface area (Å²) in [6, 6.07) is 6.61. The molecule has 28 heavy (non-hydrogen) atoms. The zero-order chi connectivity index (χ0) is 20.9. The average molecular weight is 519 g/mol. The zero-order valence-electron chi connectivity index (χ0n) is 18.8. The molecular formula is C14H42O7Si7. The summed E-state index contributed by atoms with van der Waals surface area (Å²) in [7, 11) is -12.4. The molecular weight excluding hydrogens is 477 g/mol. The standard InChI is InChI=1S/C14H42O7Si7/c1-8-22-15-23(9-2)17-25(11-4)19-27(13-6)21-28(14-7)20-26(12-5)18-24(10-3)16-22/h22-28H,8-14H2,1-7H3. The summed E-state index contributed by atoms with van der Waals surface area (Å²) >= 11 is 0. The van der Waals surface area contributed by atoms with Gasteiger partial charge in [0.1, 0.15) is 0 Å². The van der Waals surface area contributed by atoms with Crippen LogP contribution in [0, 0.1) is 0 Å². The molecule has 1 heterocycles. The molecule has 0 atom stereocenters. The second-order valence-electron chi connectivity index (χ2n) is 6.82. The molecule has 0 aliphatic carbocycles. The van der Waals surface area contributed by atoms with E-state index in [4.69, 9.17) is 28.8 Å².